The van der Waals surface area contributed by atoms with Crippen LogP contribution in [0.3, 0.4) is 0 Å². The lowest BCUT2D eigenvalue weighted by molar-refractivity contribution is -0.308. The monoisotopic (exact) mass is 906 g/mol. The van der Waals surface area contributed by atoms with Crippen LogP contribution < -0.4 is 26.0 Å². The number of carbonyl (C=O) groups is 6. The first-order chi connectivity index (χ1) is 30.2. The highest BCUT2D eigenvalue weighted by Crippen LogP contribution is 2.68. The van der Waals surface area contributed by atoms with Gasteiger partial charge in [0.15, 0.2) is 0 Å². The molecule has 5 aliphatic rings. The summed E-state index contributed by atoms with van der Waals surface area (Å²) in [6, 6.07) is -1.06. The second kappa shape index (κ2) is 22.8. The number of amides is 2. The smallest absolute Gasteiger partial charge is 0.320 e. The third-order valence-corrected chi connectivity index (χ3v) is 16.4. The number of aliphatic hydroxyl groups excluding tert-OH is 3. The molecule has 19 heteroatoms. The SMILES string of the molecule is C[C@H](CCC(=O)NCC(=O)NCCCC(C(=O)O)N1CCN(CC(=O)[O-])CCN(CC(=O)[O-])CCN(CC(=O)[O-])CC1)[C@H]1CC[C@H]2[C@@H]3C(O)C[C@@H]4C[C@H](O)CC[C@]4(C)[C@H]3C[C@H](O)[C@]12C. The van der Waals surface area contributed by atoms with E-state index in [4.69, 9.17) is 0 Å². The number of hydrogen-bond donors (Lipinski definition) is 6. The predicted octanol–water partition coefficient (Wildman–Crippen LogP) is -3.70. The van der Waals surface area contributed by atoms with Gasteiger partial charge in [0, 0.05) is 85.0 Å². The van der Waals surface area contributed by atoms with E-state index < -0.39 is 67.7 Å². The number of rotatable bonds is 18. The van der Waals surface area contributed by atoms with Gasteiger partial charge in [0.1, 0.15) is 6.04 Å². The van der Waals surface area contributed by atoms with Crippen LogP contribution >= 0.6 is 0 Å². The van der Waals surface area contributed by atoms with Crippen molar-refractivity contribution in [1.29, 1.82) is 0 Å². The number of aliphatic hydroxyl groups is 3. The lowest BCUT2D eigenvalue weighted by Gasteiger charge is -2.63. The van der Waals surface area contributed by atoms with Gasteiger partial charge >= 0.3 is 5.97 Å². The first kappa shape index (κ1) is 51.5. The average Bonchev–Trinajstić information content (AvgIpc) is 3.58. The highest BCUT2D eigenvalue weighted by molar-refractivity contribution is 5.84. The van der Waals surface area contributed by atoms with Crippen molar-refractivity contribution in [2.75, 3.05) is 85.1 Å². The number of aliphatic carboxylic acids is 4. The Morgan fingerprint density at radius 1 is 0.703 bits per heavy atom. The number of carboxylic acids is 4. The van der Waals surface area contributed by atoms with Crippen molar-refractivity contribution in [2.24, 2.45) is 46.3 Å². The summed E-state index contributed by atoms with van der Waals surface area (Å²) in [5.41, 5.74) is -0.399. The highest BCUT2D eigenvalue weighted by Gasteiger charge is 2.65. The summed E-state index contributed by atoms with van der Waals surface area (Å²) < 4.78 is 0. The van der Waals surface area contributed by atoms with E-state index in [0.29, 0.717) is 25.7 Å². The number of nitrogens with zero attached hydrogens (tertiary/aromatic N) is 4. The molecule has 5 rings (SSSR count). The fourth-order valence-corrected chi connectivity index (χ4v) is 12.9. The van der Waals surface area contributed by atoms with E-state index in [9.17, 15) is 64.5 Å². The van der Waals surface area contributed by atoms with Gasteiger partial charge in [-0.1, -0.05) is 20.8 Å². The molecule has 0 spiro atoms. The molecule has 0 bridgehead atoms. The van der Waals surface area contributed by atoms with Crippen molar-refractivity contribution in [2.45, 2.75) is 116 Å². The van der Waals surface area contributed by atoms with Crippen LogP contribution in [0.1, 0.15) is 91.4 Å². The molecule has 0 aromatic rings. The maximum atomic E-state index is 13.0. The molecule has 1 saturated heterocycles. The lowest BCUT2D eigenvalue weighted by Crippen LogP contribution is -2.62. The summed E-state index contributed by atoms with van der Waals surface area (Å²) in [5.74, 6) is -4.91. The van der Waals surface area contributed by atoms with E-state index in [1.54, 1.807) is 4.90 Å². The van der Waals surface area contributed by atoms with Gasteiger partial charge in [-0.2, -0.15) is 0 Å². The molecular weight excluding hydrogens is 833 g/mol. The van der Waals surface area contributed by atoms with Crippen LogP contribution in [0.15, 0.2) is 0 Å². The first-order valence-corrected chi connectivity index (χ1v) is 23.5. The van der Waals surface area contributed by atoms with Crippen LogP contribution in [-0.2, 0) is 28.8 Å². The third kappa shape index (κ3) is 12.9. The maximum Gasteiger partial charge on any atom is 0.320 e. The normalized spacial score (nSPS) is 34.4. The zero-order valence-electron chi connectivity index (χ0n) is 38.0. The summed E-state index contributed by atoms with van der Waals surface area (Å²) in [7, 11) is 0. The molecule has 2 amide bonds. The first-order valence-electron chi connectivity index (χ1n) is 23.5. The standard InChI is InChI=1S/C45H76N6O13/c1-28(31-7-8-32-42-33(23-36(54)45(31,32)3)44(2)11-10-30(52)21-29(44)22-35(42)53)6-9-37(55)47-24-38(56)46-12-4-5-34(43(63)64)51-19-17-49(26-40(59)60)15-13-48(25-39(57)58)14-16-50(18-20-51)27-41(61)62/h28-36,42,52-54H,4-27H2,1-3H3,(H,46,56)(H,47,55)(H,57,58)(H,59,60)(H,61,62)(H,63,64)/p-3/t28-,29+,30-,31-,32+,33+,34?,35?,36+,42+,44+,45-/m1/s1. The molecule has 5 fully saturated rings. The van der Waals surface area contributed by atoms with Crippen molar-refractivity contribution < 1.29 is 64.5 Å². The Bertz CT molecular complexity index is 1610. The van der Waals surface area contributed by atoms with E-state index >= 15 is 0 Å². The second-order valence-electron chi connectivity index (χ2n) is 20.1. The molecule has 19 nitrogen and oxygen atoms in total. The van der Waals surface area contributed by atoms with Crippen LogP contribution in [0.25, 0.3) is 0 Å². The van der Waals surface area contributed by atoms with Crippen LogP contribution in [0, 0.1) is 46.3 Å². The summed E-state index contributed by atoms with van der Waals surface area (Å²) in [5, 5.41) is 83.9. The Balaban J connectivity index is 1.08. The van der Waals surface area contributed by atoms with Crippen LogP contribution in [0.2, 0.25) is 0 Å². The topological polar surface area (TPSA) is 290 Å². The predicted molar refractivity (Wildman–Crippen MR) is 225 cm³/mol. The number of carboxylic acid groups (broad SMARTS) is 4. The minimum Gasteiger partial charge on any atom is -0.549 e. The zero-order chi connectivity index (χ0) is 46.9. The Labute approximate surface area is 376 Å². The van der Waals surface area contributed by atoms with E-state index in [1.165, 1.54) is 14.7 Å². The van der Waals surface area contributed by atoms with Gasteiger partial charge < -0.3 is 60.8 Å². The lowest BCUT2D eigenvalue weighted by atomic mass is 9.43. The van der Waals surface area contributed by atoms with Gasteiger partial charge in [-0.05, 0) is 111 Å². The molecule has 1 aliphatic heterocycles. The Morgan fingerprint density at radius 2 is 1.27 bits per heavy atom. The van der Waals surface area contributed by atoms with E-state index in [1.807, 2.05) is 0 Å². The third-order valence-electron chi connectivity index (χ3n) is 16.4. The van der Waals surface area contributed by atoms with E-state index in [2.05, 4.69) is 31.4 Å². The highest BCUT2D eigenvalue weighted by atomic mass is 16.4. The summed E-state index contributed by atoms with van der Waals surface area (Å²) in [6.45, 7) is 6.03. The molecule has 2 unspecified atom stereocenters. The molecule has 12 atom stereocenters. The van der Waals surface area contributed by atoms with E-state index in [-0.39, 0.29) is 143 Å². The molecule has 4 aliphatic carbocycles. The fourth-order valence-electron chi connectivity index (χ4n) is 12.9. The van der Waals surface area contributed by atoms with Gasteiger partial charge in [-0.3, -0.25) is 34.0 Å². The van der Waals surface area contributed by atoms with Gasteiger partial charge in [-0.15, -0.1) is 0 Å². The van der Waals surface area contributed by atoms with Gasteiger partial charge in [0.2, 0.25) is 11.8 Å². The Hall–Kier alpha value is -3.46. The zero-order valence-corrected chi connectivity index (χ0v) is 38.0. The molecule has 4 saturated carbocycles. The van der Waals surface area contributed by atoms with Crippen molar-refractivity contribution in [3.05, 3.63) is 0 Å². The van der Waals surface area contributed by atoms with Gasteiger partial charge in [0.05, 0.1) is 42.8 Å². The molecular formula is C45H73N6O13-3. The quantitative estimate of drug-likeness (QED) is 0.0722. The molecule has 0 aromatic heterocycles. The molecule has 1 heterocycles. The van der Waals surface area contributed by atoms with E-state index in [0.717, 1.165) is 25.7 Å². The van der Waals surface area contributed by atoms with Gasteiger partial charge in [0.25, 0.3) is 0 Å². The maximum absolute atomic E-state index is 13.0. The minimum absolute atomic E-state index is 0.0113. The van der Waals surface area contributed by atoms with Crippen LogP contribution in [-0.4, -0.2) is 185 Å². The van der Waals surface area contributed by atoms with Gasteiger partial charge in [-0.25, -0.2) is 0 Å². The fraction of sp³-hybridized carbons (Fsp3) is 0.867. The number of fused-ring (bicyclic) bond motifs is 5. The molecule has 364 valence electrons. The number of carbonyl (C=O) groups excluding carboxylic acids is 5. The van der Waals surface area contributed by atoms with Crippen LogP contribution in [0.5, 0.6) is 0 Å². The average molecular weight is 906 g/mol. The minimum atomic E-state index is -1.35. The molecule has 6 N–H and O–H groups in total. The second-order valence-corrected chi connectivity index (χ2v) is 20.1. The summed E-state index contributed by atoms with van der Waals surface area (Å²) >= 11 is 0. The Morgan fingerprint density at radius 3 is 1.81 bits per heavy atom. The number of nitrogens with one attached hydrogen (secondary N) is 2. The molecule has 0 radical (unpaired) electrons. The number of hydrogen-bond acceptors (Lipinski definition) is 16. The van der Waals surface area contributed by atoms with Crippen molar-refractivity contribution in [1.82, 2.24) is 30.2 Å². The molecule has 0 aromatic carbocycles. The van der Waals surface area contributed by atoms with Crippen LogP contribution in [0.4, 0.5) is 0 Å². The molecule has 64 heavy (non-hydrogen) atoms. The van der Waals surface area contributed by atoms with Crippen molar-refractivity contribution in [3.8, 4) is 0 Å². The summed E-state index contributed by atoms with van der Waals surface area (Å²) in [6.07, 6.45) is 5.35. The largest absolute Gasteiger partial charge is 0.549 e. The summed E-state index contributed by atoms with van der Waals surface area (Å²) in [4.78, 5) is 78.9. The Kier molecular flexibility index (Phi) is 18.4. The van der Waals surface area contributed by atoms with Crippen molar-refractivity contribution >= 4 is 35.7 Å². The van der Waals surface area contributed by atoms with Crippen molar-refractivity contribution in [3.63, 3.8) is 0 Å².